The van der Waals surface area contributed by atoms with Gasteiger partial charge in [-0.25, -0.2) is 8.42 Å². The van der Waals surface area contributed by atoms with Crippen molar-refractivity contribution in [3.05, 3.63) is 58.1 Å². The van der Waals surface area contributed by atoms with E-state index in [-0.39, 0.29) is 22.3 Å². The van der Waals surface area contributed by atoms with Crippen molar-refractivity contribution in [3.63, 3.8) is 0 Å². The van der Waals surface area contributed by atoms with Crippen LogP contribution in [0.3, 0.4) is 0 Å². The van der Waals surface area contributed by atoms with Crippen molar-refractivity contribution < 1.29 is 18.1 Å². The Morgan fingerprint density at radius 2 is 1.72 bits per heavy atom. The third-order valence-electron chi connectivity index (χ3n) is 4.77. The number of sulfonamides is 1. The summed E-state index contributed by atoms with van der Waals surface area (Å²) in [7, 11) is -2.20. The second-order valence-electron chi connectivity index (χ2n) is 6.40. The number of anilines is 1. The minimum atomic E-state index is -3.78. The first-order chi connectivity index (χ1) is 13.8. The minimum Gasteiger partial charge on any atom is -0.497 e. The molecule has 0 unspecified atom stereocenters. The molecule has 0 radical (unpaired) electrons. The molecule has 0 spiro atoms. The molecule has 2 aromatic rings. The van der Waals surface area contributed by atoms with Crippen molar-refractivity contribution in [2.24, 2.45) is 0 Å². The van der Waals surface area contributed by atoms with E-state index in [0.717, 1.165) is 17.4 Å². The van der Waals surface area contributed by atoms with E-state index in [1.165, 1.54) is 16.4 Å². The van der Waals surface area contributed by atoms with E-state index in [1.54, 1.807) is 21.0 Å². The zero-order valence-electron chi connectivity index (χ0n) is 17.1. The molecule has 9 heteroatoms. The normalized spacial score (nSPS) is 12.6. The SMILES string of the molecule is CC[C@@H](Nc1ccc(S(=O)(=O)N(CC)CC)cc1[N+](=O)[O-])c1ccc(OC)cc1. The summed E-state index contributed by atoms with van der Waals surface area (Å²) in [4.78, 5) is 11.0. The Labute approximate surface area is 171 Å². The Kier molecular flexibility index (Phi) is 7.58. The fourth-order valence-corrected chi connectivity index (χ4v) is 4.58. The molecule has 0 heterocycles. The number of ether oxygens (including phenoxy) is 1. The molecule has 29 heavy (non-hydrogen) atoms. The van der Waals surface area contributed by atoms with E-state index in [0.29, 0.717) is 19.5 Å². The Hall–Kier alpha value is -2.65. The Bertz CT molecular complexity index is 941. The topological polar surface area (TPSA) is 102 Å². The van der Waals surface area contributed by atoms with Crippen molar-refractivity contribution in [2.45, 2.75) is 38.1 Å². The number of methoxy groups -OCH3 is 1. The first-order valence-corrected chi connectivity index (χ1v) is 10.9. The van der Waals surface area contributed by atoms with Gasteiger partial charge in [0, 0.05) is 19.2 Å². The van der Waals surface area contributed by atoms with E-state index in [2.05, 4.69) is 5.32 Å². The monoisotopic (exact) mass is 421 g/mol. The molecule has 0 fully saturated rings. The van der Waals surface area contributed by atoms with Crippen molar-refractivity contribution in [1.29, 1.82) is 0 Å². The van der Waals surface area contributed by atoms with E-state index in [4.69, 9.17) is 4.74 Å². The van der Waals surface area contributed by atoms with Gasteiger partial charge >= 0.3 is 0 Å². The maximum atomic E-state index is 12.7. The van der Waals surface area contributed by atoms with E-state index >= 15 is 0 Å². The molecule has 0 aromatic heterocycles. The summed E-state index contributed by atoms with van der Waals surface area (Å²) in [5.41, 5.74) is 0.948. The summed E-state index contributed by atoms with van der Waals surface area (Å²) in [6.45, 7) is 6.01. The minimum absolute atomic E-state index is 0.0871. The molecule has 0 bridgehead atoms. The summed E-state index contributed by atoms with van der Waals surface area (Å²) >= 11 is 0. The highest BCUT2D eigenvalue weighted by Gasteiger charge is 2.26. The van der Waals surface area contributed by atoms with Crippen molar-refractivity contribution in [1.82, 2.24) is 4.31 Å². The van der Waals surface area contributed by atoms with E-state index < -0.39 is 14.9 Å². The third-order valence-corrected chi connectivity index (χ3v) is 6.81. The average Bonchev–Trinajstić information content (AvgIpc) is 2.72. The maximum Gasteiger partial charge on any atom is 0.293 e. The van der Waals surface area contributed by atoms with Gasteiger partial charge in [0.2, 0.25) is 10.0 Å². The number of nitrogens with zero attached hydrogens (tertiary/aromatic N) is 2. The van der Waals surface area contributed by atoms with Crippen LogP contribution in [0.5, 0.6) is 5.75 Å². The Morgan fingerprint density at radius 1 is 1.10 bits per heavy atom. The number of benzene rings is 2. The highest BCUT2D eigenvalue weighted by Crippen LogP contribution is 2.33. The van der Waals surface area contributed by atoms with Crippen LogP contribution in [-0.4, -0.2) is 37.8 Å². The zero-order chi connectivity index (χ0) is 21.6. The molecular formula is C20H27N3O5S. The smallest absolute Gasteiger partial charge is 0.293 e. The molecule has 0 aliphatic heterocycles. The van der Waals surface area contributed by atoms with Gasteiger partial charge in [0.1, 0.15) is 11.4 Å². The molecule has 1 N–H and O–H groups in total. The molecule has 0 saturated heterocycles. The summed E-state index contributed by atoms with van der Waals surface area (Å²) in [6, 6.07) is 11.3. The number of nitrogens with one attached hydrogen (secondary N) is 1. The lowest BCUT2D eigenvalue weighted by Gasteiger charge is -2.21. The Morgan fingerprint density at radius 3 is 2.21 bits per heavy atom. The molecule has 0 aliphatic rings. The third kappa shape index (κ3) is 5.04. The van der Waals surface area contributed by atoms with Crippen LogP contribution < -0.4 is 10.1 Å². The molecule has 2 aromatic carbocycles. The van der Waals surface area contributed by atoms with Gasteiger partial charge in [-0.05, 0) is 36.2 Å². The van der Waals surface area contributed by atoms with Crippen LogP contribution >= 0.6 is 0 Å². The number of nitro groups is 1. The van der Waals surface area contributed by atoms with Gasteiger partial charge in [-0.1, -0.05) is 32.9 Å². The number of hydrogen-bond donors (Lipinski definition) is 1. The predicted octanol–water partition coefficient (Wildman–Crippen LogP) is 4.20. The van der Waals surface area contributed by atoms with Gasteiger partial charge in [-0.2, -0.15) is 4.31 Å². The van der Waals surface area contributed by atoms with Crippen LogP contribution in [0, 0.1) is 10.1 Å². The highest BCUT2D eigenvalue weighted by atomic mass is 32.2. The number of nitro benzene ring substituents is 1. The van der Waals surface area contributed by atoms with Gasteiger partial charge in [0.15, 0.2) is 0 Å². The summed E-state index contributed by atoms with van der Waals surface area (Å²) < 4.78 is 31.9. The lowest BCUT2D eigenvalue weighted by molar-refractivity contribution is -0.384. The number of rotatable bonds is 10. The number of hydrogen-bond acceptors (Lipinski definition) is 6. The van der Waals surface area contributed by atoms with Crippen LogP contribution in [0.1, 0.15) is 38.8 Å². The molecule has 0 saturated carbocycles. The van der Waals surface area contributed by atoms with Gasteiger partial charge < -0.3 is 10.1 Å². The fraction of sp³-hybridized carbons (Fsp3) is 0.400. The lowest BCUT2D eigenvalue weighted by atomic mass is 10.0. The van der Waals surface area contributed by atoms with E-state index in [9.17, 15) is 18.5 Å². The summed E-state index contributed by atoms with van der Waals surface area (Å²) in [6.07, 6.45) is 0.684. The average molecular weight is 422 g/mol. The maximum absolute atomic E-state index is 12.7. The van der Waals surface area contributed by atoms with Crippen LogP contribution in [0.15, 0.2) is 47.4 Å². The molecular weight excluding hydrogens is 394 g/mol. The second-order valence-corrected chi connectivity index (χ2v) is 8.34. The van der Waals surface area contributed by atoms with Crippen LogP contribution in [-0.2, 0) is 10.0 Å². The lowest BCUT2D eigenvalue weighted by Crippen LogP contribution is -2.30. The summed E-state index contributed by atoms with van der Waals surface area (Å²) in [5, 5.41) is 14.8. The van der Waals surface area contributed by atoms with Gasteiger partial charge in [0.25, 0.3) is 5.69 Å². The van der Waals surface area contributed by atoms with Crippen LogP contribution in [0.25, 0.3) is 0 Å². The molecule has 1 atom stereocenters. The summed E-state index contributed by atoms with van der Waals surface area (Å²) in [5.74, 6) is 0.723. The van der Waals surface area contributed by atoms with Crippen molar-refractivity contribution in [2.75, 3.05) is 25.5 Å². The molecule has 158 valence electrons. The first kappa shape index (κ1) is 22.6. The van der Waals surface area contributed by atoms with Gasteiger partial charge in [-0.15, -0.1) is 0 Å². The second kappa shape index (κ2) is 9.71. The van der Waals surface area contributed by atoms with Crippen LogP contribution in [0.2, 0.25) is 0 Å². The molecule has 0 aliphatic carbocycles. The highest BCUT2D eigenvalue weighted by molar-refractivity contribution is 7.89. The fourth-order valence-electron chi connectivity index (χ4n) is 3.10. The van der Waals surface area contributed by atoms with Gasteiger partial charge in [-0.3, -0.25) is 10.1 Å². The van der Waals surface area contributed by atoms with E-state index in [1.807, 2.05) is 31.2 Å². The van der Waals surface area contributed by atoms with Crippen molar-refractivity contribution >= 4 is 21.4 Å². The molecule has 2 rings (SSSR count). The Balaban J connectivity index is 2.40. The zero-order valence-corrected chi connectivity index (χ0v) is 17.9. The van der Waals surface area contributed by atoms with Crippen LogP contribution in [0.4, 0.5) is 11.4 Å². The largest absolute Gasteiger partial charge is 0.497 e. The molecule has 0 amide bonds. The van der Waals surface area contributed by atoms with Gasteiger partial charge in [0.05, 0.1) is 23.0 Å². The first-order valence-electron chi connectivity index (χ1n) is 9.47. The predicted molar refractivity (Wildman–Crippen MR) is 113 cm³/mol. The quantitative estimate of drug-likeness (QED) is 0.456. The molecule has 8 nitrogen and oxygen atoms in total. The standard InChI is InChI=1S/C20H27N3O5S/c1-5-18(15-8-10-16(28-4)11-9-15)21-19-13-12-17(14-20(19)23(24)25)29(26,27)22(6-2)7-3/h8-14,18,21H,5-7H2,1-4H3/t18-/m1/s1. The van der Waals surface area contributed by atoms with Crippen molar-refractivity contribution in [3.8, 4) is 5.75 Å².